The van der Waals surface area contributed by atoms with Crippen molar-refractivity contribution in [3.63, 3.8) is 0 Å². The Labute approximate surface area is 205 Å². The third-order valence-corrected chi connectivity index (χ3v) is 5.78. The molecule has 5 rings (SSSR count). The van der Waals surface area contributed by atoms with Gasteiger partial charge in [-0.1, -0.05) is 42.5 Å². The largest absolute Gasteiger partial charge is 0.494 e. The van der Waals surface area contributed by atoms with Crippen molar-refractivity contribution in [3.8, 4) is 5.88 Å². The van der Waals surface area contributed by atoms with Gasteiger partial charge in [0.2, 0.25) is 0 Å². The van der Waals surface area contributed by atoms with Gasteiger partial charge in [0.25, 0.3) is 5.69 Å². The van der Waals surface area contributed by atoms with Crippen LogP contribution in [0.15, 0.2) is 84.2 Å². The fraction of sp³-hybridized carbons (Fsp3) is 0.0370. The normalized spacial score (nSPS) is 12.0. The van der Waals surface area contributed by atoms with Gasteiger partial charge in [0.1, 0.15) is 0 Å². The summed E-state index contributed by atoms with van der Waals surface area (Å²) < 4.78 is 0. The van der Waals surface area contributed by atoms with Crippen LogP contribution >= 0.6 is 0 Å². The van der Waals surface area contributed by atoms with Crippen LogP contribution in [0.3, 0.4) is 0 Å². The van der Waals surface area contributed by atoms with E-state index in [2.05, 4.69) is 15.0 Å². The minimum absolute atomic E-state index is 0.0750. The number of benzene rings is 3. The molecule has 5 N–H and O–H groups in total. The van der Waals surface area contributed by atoms with Crippen molar-refractivity contribution in [2.45, 2.75) is 6.54 Å². The molecule has 2 aromatic heterocycles. The molecular formula is C27H22N6O3. The van der Waals surface area contributed by atoms with Crippen molar-refractivity contribution < 1.29 is 10.0 Å². The van der Waals surface area contributed by atoms with Crippen molar-refractivity contribution in [2.75, 3.05) is 0 Å². The van der Waals surface area contributed by atoms with Crippen molar-refractivity contribution >= 4 is 40.1 Å². The van der Waals surface area contributed by atoms with Crippen LogP contribution < -0.4 is 5.73 Å². The summed E-state index contributed by atoms with van der Waals surface area (Å²) in [6, 6.07) is 19.5. The number of nitrogens with two attached hydrogens (primary N) is 1. The Morgan fingerprint density at radius 3 is 2.53 bits per heavy atom. The first kappa shape index (κ1) is 22.8. The van der Waals surface area contributed by atoms with Crippen molar-refractivity contribution in [2.24, 2.45) is 10.7 Å². The number of fused-ring (bicyclic) bond motifs is 1. The Balaban J connectivity index is 1.61. The standard InChI is InChI=1S/C27H22N6O3/c28-14-18-1-6-19(7-2-18)26(25-23-13-22(33(35)36)11-12-24(23)32-27(25)34)31-20-8-3-17(4-9-20)5-10-21-15-29-16-30-21/h1-13,15-16,32,34H,14,28H2,(H,29,30)/b10-5+,31-26?. The molecule has 9 heteroatoms. The average molecular weight is 479 g/mol. The van der Waals surface area contributed by atoms with Gasteiger partial charge in [-0.15, -0.1) is 0 Å². The molecule has 0 atom stereocenters. The predicted molar refractivity (Wildman–Crippen MR) is 140 cm³/mol. The zero-order valence-corrected chi connectivity index (χ0v) is 19.1. The zero-order valence-electron chi connectivity index (χ0n) is 19.1. The molecule has 0 unspecified atom stereocenters. The van der Waals surface area contributed by atoms with E-state index in [1.54, 1.807) is 18.6 Å². The SMILES string of the molecule is NCc1ccc(C(=Nc2ccc(/C=C/c3cnc[nH]3)cc2)c2c(O)[nH]c3ccc([N+](=O)[O-])cc23)cc1. The van der Waals surface area contributed by atoms with E-state index in [1.807, 2.05) is 60.7 Å². The molecule has 0 radical (unpaired) electrons. The molecular weight excluding hydrogens is 456 g/mol. The number of nitrogens with zero attached hydrogens (tertiary/aromatic N) is 3. The van der Waals surface area contributed by atoms with Gasteiger partial charge in [-0.05, 0) is 35.4 Å². The fourth-order valence-electron chi connectivity index (χ4n) is 3.92. The van der Waals surface area contributed by atoms with Gasteiger partial charge in [-0.2, -0.15) is 0 Å². The lowest BCUT2D eigenvalue weighted by molar-refractivity contribution is -0.384. The van der Waals surface area contributed by atoms with E-state index in [9.17, 15) is 15.2 Å². The Bertz CT molecular complexity index is 1580. The lowest BCUT2D eigenvalue weighted by Crippen LogP contribution is -2.04. The molecule has 0 aliphatic rings. The summed E-state index contributed by atoms with van der Waals surface area (Å²) in [4.78, 5) is 25.7. The van der Waals surface area contributed by atoms with Gasteiger partial charge >= 0.3 is 0 Å². The first-order chi connectivity index (χ1) is 17.5. The molecule has 9 nitrogen and oxygen atoms in total. The van der Waals surface area contributed by atoms with E-state index >= 15 is 0 Å². The molecule has 178 valence electrons. The van der Waals surface area contributed by atoms with Gasteiger partial charge in [0.15, 0.2) is 5.88 Å². The second kappa shape index (κ2) is 9.69. The Morgan fingerprint density at radius 1 is 1.08 bits per heavy atom. The summed E-state index contributed by atoms with van der Waals surface area (Å²) in [6.07, 6.45) is 7.23. The Kier molecular flexibility index (Phi) is 6.12. The lowest BCUT2D eigenvalue weighted by Gasteiger charge is -2.09. The van der Waals surface area contributed by atoms with E-state index in [1.165, 1.54) is 12.1 Å². The highest BCUT2D eigenvalue weighted by atomic mass is 16.6. The maximum atomic E-state index is 11.4. The number of aromatic nitrogens is 3. The third-order valence-electron chi connectivity index (χ3n) is 5.78. The first-order valence-corrected chi connectivity index (χ1v) is 11.2. The fourth-order valence-corrected chi connectivity index (χ4v) is 3.92. The molecule has 0 aliphatic carbocycles. The quantitative estimate of drug-likeness (QED) is 0.142. The summed E-state index contributed by atoms with van der Waals surface area (Å²) >= 11 is 0. The number of aromatic hydroxyl groups is 1. The second-order valence-corrected chi connectivity index (χ2v) is 8.13. The van der Waals surface area contributed by atoms with Crippen LogP contribution in [0, 0.1) is 10.1 Å². The molecule has 0 saturated heterocycles. The highest BCUT2D eigenvalue weighted by Crippen LogP contribution is 2.33. The number of nitrogens with one attached hydrogen (secondary N) is 2. The highest BCUT2D eigenvalue weighted by Gasteiger charge is 2.21. The summed E-state index contributed by atoms with van der Waals surface area (Å²) in [5.74, 6) is -0.119. The smallest absolute Gasteiger partial charge is 0.270 e. The molecule has 36 heavy (non-hydrogen) atoms. The minimum Gasteiger partial charge on any atom is -0.494 e. The van der Waals surface area contributed by atoms with E-state index in [0.29, 0.717) is 34.4 Å². The number of rotatable bonds is 7. The van der Waals surface area contributed by atoms with Gasteiger partial charge in [-0.25, -0.2) is 9.98 Å². The summed E-state index contributed by atoms with van der Waals surface area (Å²) in [5, 5.41) is 22.7. The van der Waals surface area contributed by atoms with E-state index in [0.717, 1.165) is 22.4 Å². The number of non-ortho nitro benzene ring substituents is 1. The van der Waals surface area contributed by atoms with Gasteiger partial charge < -0.3 is 20.8 Å². The second-order valence-electron chi connectivity index (χ2n) is 8.13. The zero-order chi connectivity index (χ0) is 25.1. The molecule has 3 aromatic carbocycles. The first-order valence-electron chi connectivity index (χ1n) is 11.2. The number of nitro groups is 1. The number of imidazole rings is 1. The maximum Gasteiger partial charge on any atom is 0.270 e. The summed E-state index contributed by atoms with van der Waals surface area (Å²) in [5.41, 5.74) is 11.3. The van der Waals surface area contributed by atoms with Crippen LogP contribution in [-0.2, 0) is 6.54 Å². The monoisotopic (exact) mass is 478 g/mol. The molecule has 0 fully saturated rings. The Morgan fingerprint density at radius 2 is 1.86 bits per heavy atom. The van der Waals surface area contributed by atoms with Gasteiger partial charge in [0, 0.05) is 35.1 Å². The Hall–Kier alpha value is -5.02. The molecule has 0 aliphatic heterocycles. The van der Waals surface area contributed by atoms with Crippen molar-refractivity contribution in [1.29, 1.82) is 0 Å². The summed E-state index contributed by atoms with van der Waals surface area (Å²) in [6.45, 7) is 0.394. The average Bonchev–Trinajstić information content (AvgIpc) is 3.53. The molecule has 0 spiro atoms. The van der Waals surface area contributed by atoms with Crippen molar-refractivity contribution in [1.82, 2.24) is 15.0 Å². The summed E-state index contributed by atoms with van der Waals surface area (Å²) in [7, 11) is 0. The van der Waals surface area contributed by atoms with Crippen LogP contribution in [0.1, 0.15) is 27.9 Å². The number of aliphatic imine (C=N–C) groups is 1. The predicted octanol–water partition coefficient (Wildman–Crippen LogP) is 5.30. The van der Waals surface area contributed by atoms with Crippen LogP contribution in [0.4, 0.5) is 11.4 Å². The van der Waals surface area contributed by atoms with Crippen LogP contribution in [0.2, 0.25) is 0 Å². The van der Waals surface area contributed by atoms with E-state index in [4.69, 9.17) is 10.7 Å². The number of aromatic amines is 2. The van der Waals surface area contributed by atoms with E-state index < -0.39 is 4.92 Å². The molecule has 0 saturated carbocycles. The molecule has 2 heterocycles. The molecule has 5 aromatic rings. The number of hydrogen-bond acceptors (Lipinski definition) is 6. The minimum atomic E-state index is -0.463. The van der Waals surface area contributed by atoms with Crippen molar-refractivity contribution in [3.05, 3.63) is 117 Å². The van der Waals surface area contributed by atoms with Gasteiger partial charge in [-0.3, -0.25) is 10.1 Å². The molecule has 0 amide bonds. The van der Waals surface area contributed by atoms with Crippen LogP contribution in [0.25, 0.3) is 23.1 Å². The third kappa shape index (κ3) is 4.63. The topological polar surface area (TPSA) is 146 Å². The lowest BCUT2D eigenvalue weighted by atomic mass is 9.99. The van der Waals surface area contributed by atoms with Crippen LogP contribution in [-0.4, -0.2) is 30.7 Å². The maximum absolute atomic E-state index is 11.4. The number of hydrogen-bond donors (Lipinski definition) is 4. The highest BCUT2D eigenvalue weighted by molar-refractivity contribution is 6.22. The van der Waals surface area contributed by atoms with Gasteiger partial charge in [0.05, 0.1) is 40.1 Å². The van der Waals surface area contributed by atoms with E-state index in [-0.39, 0.29) is 11.6 Å². The number of H-pyrrole nitrogens is 2. The molecule has 0 bridgehead atoms. The number of nitro benzene ring substituents is 1. The van der Waals surface area contributed by atoms with Crippen LogP contribution in [0.5, 0.6) is 5.88 Å².